The van der Waals surface area contributed by atoms with Gasteiger partial charge in [-0.3, -0.25) is 4.79 Å². The minimum atomic E-state index is -0.547. The summed E-state index contributed by atoms with van der Waals surface area (Å²) in [4.78, 5) is 13.3. The Labute approximate surface area is 107 Å². The minimum absolute atomic E-state index is 0.105. The van der Waals surface area contributed by atoms with E-state index in [1.54, 1.807) is 33.2 Å². The highest BCUT2D eigenvalue weighted by Crippen LogP contribution is 2.31. The number of hydrogen-bond donors (Lipinski definition) is 0. The number of ether oxygens (including phenoxy) is 1. The molecule has 1 fully saturated rings. The fraction of sp³-hybridized carbons (Fsp3) is 0.500. The summed E-state index contributed by atoms with van der Waals surface area (Å²) in [6.45, 7) is 2.26. The van der Waals surface area contributed by atoms with Gasteiger partial charge in [-0.1, -0.05) is 6.07 Å². The minimum Gasteiger partial charge on any atom is -0.490 e. The van der Waals surface area contributed by atoms with Crippen LogP contribution in [0.15, 0.2) is 12.1 Å². The molecule has 18 heavy (non-hydrogen) atoms. The van der Waals surface area contributed by atoms with E-state index in [0.29, 0.717) is 18.1 Å². The van der Waals surface area contributed by atoms with Gasteiger partial charge in [0.1, 0.15) is 0 Å². The smallest absolute Gasteiger partial charge is 0.256 e. The molecule has 0 heterocycles. The first-order valence-electron chi connectivity index (χ1n) is 6.14. The van der Waals surface area contributed by atoms with Gasteiger partial charge in [-0.05, 0) is 37.3 Å². The zero-order chi connectivity index (χ0) is 13.3. The Morgan fingerprint density at radius 3 is 2.67 bits per heavy atom. The molecule has 1 aromatic carbocycles. The van der Waals surface area contributed by atoms with Crippen molar-refractivity contribution in [1.82, 2.24) is 4.90 Å². The van der Waals surface area contributed by atoms with Gasteiger partial charge >= 0.3 is 0 Å². The third-order valence-electron chi connectivity index (χ3n) is 3.11. The van der Waals surface area contributed by atoms with Crippen molar-refractivity contribution in [1.29, 1.82) is 0 Å². The van der Waals surface area contributed by atoms with Gasteiger partial charge in [-0.2, -0.15) is 0 Å². The number of carbonyl (C=O) groups excluding carboxylic acids is 1. The Kier molecular flexibility index (Phi) is 3.55. The van der Waals surface area contributed by atoms with Crippen molar-refractivity contribution in [3.05, 3.63) is 29.1 Å². The summed E-state index contributed by atoms with van der Waals surface area (Å²) in [5.41, 5.74) is 0.735. The maximum Gasteiger partial charge on any atom is 0.256 e. The van der Waals surface area contributed by atoms with Gasteiger partial charge in [-0.25, -0.2) is 4.39 Å². The molecule has 0 spiro atoms. The van der Waals surface area contributed by atoms with Crippen molar-refractivity contribution in [3.63, 3.8) is 0 Å². The monoisotopic (exact) mass is 251 g/mol. The number of aryl methyl sites for hydroxylation is 1. The van der Waals surface area contributed by atoms with Gasteiger partial charge in [-0.15, -0.1) is 0 Å². The number of benzene rings is 1. The fourth-order valence-electron chi connectivity index (χ4n) is 1.74. The summed E-state index contributed by atoms with van der Waals surface area (Å²) < 4.78 is 19.7. The number of halogens is 1. The largest absolute Gasteiger partial charge is 0.490 e. The van der Waals surface area contributed by atoms with E-state index in [2.05, 4.69) is 0 Å². The summed E-state index contributed by atoms with van der Waals surface area (Å²) >= 11 is 0. The van der Waals surface area contributed by atoms with E-state index in [4.69, 9.17) is 4.74 Å². The molecule has 1 amide bonds. The van der Waals surface area contributed by atoms with Crippen molar-refractivity contribution < 1.29 is 13.9 Å². The molecule has 0 aliphatic heterocycles. The molecule has 0 atom stereocenters. The van der Waals surface area contributed by atoms with Gasteiger partial charge in [0.15, 0.2) is 11.6 Å². The molecule has 0 aromatic heterocycles. The van der Waals surface area contributed by atoms with Crippen LogP contribution in [0.4, 0.5) is 4.39 Å². The van der Waals surface area contributed by atoms with Crippen LogP contribution in [-0.4, -0.2) is 31.5 Å². The Hall–Kier alpha value is -1.58. The number of rotatable bonds is 4. The predicted octanol–water partition coefficient (Wildman–Crippen LogP) is 2.62. The summed E-state index contributed by atoms with van der Waals surface area (Å²) in [5.74, 6) is -0.146. The SMILES string of the molecule is Cc1ccc(OCC2CC2)c(F)c1C(=O)N(C)C. The first-order valence-corrected chi connectivity index (χ1v) is 6.14. The Morgan fingerprint density at radius 2 is 2.11 bits per heavy atom. The van der Waals surface area contributed by atoms with E-state index in [1.807, 2.05) is 0 Å². The molecule has 1 aliphatic rings. The van der Waals surface area contributed by atoms with Crippen molar-refractivity contribution in [2.45, 2.75) is 19.8 Å². The molecule has 1 saturated carbocycles. The molecule has 0 radical (unpaired) electrons. The molecule has 98 valence electrons. The lowest BCUT2D eigenvalue weighted by atomic mass is 10.1. The lowest BCUT2D eigenvalue weighted by Crippen LogP contribution is -2.24. The van der Waals surface area contributed by atoms with E-state index < -0.39 is 5.82 Å². The molecule has 0 saturated heterocycles. The van der Waals surface area contributed by atoms with Crippen LogP contribution in [0, 0.1) is 18.7 Å². The third kappa shape index (κ3) is 2.63. The maximum atomic E-state index is 14.2. The first-order chi connectivity index (χ1) is 8.50. The summed E-state index contributed by atoms with van der Waals surface area (Å²) in [6, 6.07) is 3.32. The van der Waals surface area contributed by atoms with E-state index >= 15 is 0 Å². The van der Waals surface area contributed by atoms with Crippen LogP contribution >= 0.6 is 0 Å². The highest BCUT2D eigenvalue weighted by Gasteiger charge is 2.24. The van der Waals surface area contributed by atoms with Crippen molar-refractivity contribution >= 4 is 5.91 Å². The maximum absolute atomic E-state index is 14.2. The van der Waals surface area contributed by atoms with Gasteiger partial charge in [0, 0.05) is 14.1 Å². The molecule has 0 bridgehead atoms. The highest BCUT2D eigenvalue weighted by atomic mass is 19.1. The summed E-state index contributed by atoms with van der Waals surface area (Å²) in [7, 11) is 3.22. The molecule has 0 unspecified atom stereocenters. The molecule has 1 aromatic rings. The van der Waals surface area contributed by atoms with E-state index in [0.717, 1.165) is 12.8 Å². The normalized spacial score (nSPS) is 14.4. The number of amides is 1. The van der Waals surface area contributed by atoms with Crippen LogP contribution < -0.4 is 4.74 Å². The molecular weight excluding hydrogens is 233 g/mol. The Bertz CT molecular complexity index is 467. The van der Waals surface area contributed by atoms with Crippen LogP contribution in [0.3, 0.4) is 0 Å². The second-order valence-corrected chi connectivity index (χ2v) is 5.02. The lowest BCUT2D eigenvalue weighted by Gasteiger charge is -2.15. The summed E-state index contributed by atoms with van der Waals surface area (Å²) in [6.07, 6.45) is 2.30. The average molecular weight is 251 g/mol. The molecule has 4 heteroatoms. The molecule has 2 rings (SSSR count). The van der Waals surface area contributed by atoms with E-state index in [1.165, 1.54) is 4.90 Å². The molecule has 0 N–H and O–H groups in total. The summed E-state index contributed by atoms with van der Waals surface area (Å²) in [5, 5.41) is 0. The van der Waals surface area contributed by atoms with Gasteiger partial charge in [0.2, 0.25) is 0 Å². The van der Waals surface area contributed by atoms with Gasteiger partial charge in [0.25, 0.3) is 5.91 Å². The highest BCUT2D eigenvalue weighted by molar-refractivity contribution is 5.96. The van der Waals surface area contributed by atoms with Crippen molar-refractivity contribution in [3.8, 4) is 5.75 Å². The topological polar surface area (TPSA) is 29.5 Å². The van der Waals surface area contributed by atoms with Crippen LogP contribution in [0.5, 0.6) is 5.75 Å². The van der Waals surface area contributed by atoms with Crippen molar-refractivity contribution in [2.24, 2.45) is 5.92 Å². The standard InChI is InChI=1S/C14H18FNO2/c1-9-4-7-11(18-8-10-5-6-10)13(15)12(9)14(17)16(2)3/h4,7,10H,5-6,8H2,1-3H3. The fourth-order valence-corrected chi connectivity index (χ4v) is 1.74. The zero-order valence-electron chi connectivity index (χ0n) is 11.0. The predicted molar refractivity (Wildman–Crippen MR) is 67.4 cm³/mol. The second kappa shape index (κ2) is 4.96. The second-order valence-electron chi connectivity index (χ2n) is 5.02. The van der Waals surface area contributed by atoms with Gasteiger partial charge < -0.3 is 9.64 Å². The van der Waals surface area contributed by atoms with E-state index in [9.17, 15) is 9.18 Å². The third-order valence-corrected chi connectivity index (χ3v) is 3.11. The number of carbonyl (C=O) groups is 1. The quantitative estimate of drug-likeness (QED) is 0.823. The van der Waals surface area contributed by atoms with E-state index in [-0.39, 0.29) is 17.2 Å². The van der Waals surface area contributed by atoms with Crippen LogP contribution in [0.25, 0.3) is 0 Å². The van der Waals surface area contributed by atoms with Crippen LogP contribution in [0.2, 0.25) is 0 Å². The van der Waals surface area contributed by atoms with Gasteiger partial charge in [0.05, 0.1) is 12.2 Å². The molecule has 3 nitrogen and oxygen atoms in total. The molecular formula is C14H18FNO2. The number of hydrogen-bond acceptors (Lipinski definition) is 2. The van der Waals surface area contributed by atoms with Crippen LogP contribution in [-0.2, 0) is 0 Å². The lowest BCUT2D eigenvalue weighted by molar-refractivity contribution is 0.0821. The average Bonchev–Trinajstić information content (AvgIpc) is 3.11. The Morgan fingerprint density at radius 1 is 1.44 bits per heavy atom. The molecule has 1 aliphatic carbocycles. The number of nitrogens with zero attached hydrogens (tertiary/aromatic N) is 1. The first kappa shape index (κ1) is 12.9. The Balaban J connectivity index is 2.26. The van der Waals surface area contributed by atoms with Crippen LogP contribution in [0.1, 0.15) is 28.8 Å². The van der Waals surface area contributed by atoms with Crippen molar-refractivity contribution in [2.75, 3.05) is 20.7 Å². The zero-order valence-corrected chi connectivity index (χ0v) is 11.0.